The number of ether oxygens (including phenoxy) is 1. The van der Waals surface area contributed by atoms with Gasteiger partial charge >= 0.3 is 0 Å². The average molecular weight is 422 g/mol. The first-order valence-electron chi connectivity index (χ1n) is 9.58. The summed E-state index contributed by atoms with van der Waals surface area (Å²) in [5.41, 5.74) is 1.20. The molecule has 0 spiro atoms. The predicted octanol–water partition coefficient (Wildman–Crippen LogP) is 2.75. The van der Waals surface area contributed by atoms with Gasteiger partial charge in [-0.1, -0.05) is 35.5 Å². The molecular weight excluding hydrogens is 398 g/mol. The molecule has 1 N–H and O–H groups in total. The zero-order valence-electron chi connectivity index (χ0n) is 15.6. The van der Waals surface area contributed by atoms with E-state index >= 15 is 0 Å². The van der Waals surface area contributed by atoms with E-state index in [2.05, 4.69) is 26.1 Å². The van der Waals surface area contributed by atoms with Gasteiger partial charge in [0, 0.05) is 44.4 Å². The minimum absolute atomic E-state index is 0.0186. The van der Waals surface area contributed by atoms with Crippen LogP contribution in [0.25, 0.3) is 0 Å². The van der Waals surface area contributed by atoms with Gasteiger partial charge in [0.25, 0.3) is 0 Å². The minimum Gasteiger partial charge on any atom is -0.370 e. The quantitative estimate of drug-likeness (QED) is 0.723. The van der Waals surface area contributed by atoms with E-state index in [1.54, 1.807) is 0 Å². The first kappa shape index (κ1) is 19.7. The molecule has 28 heavy (non-hydrogen) atoms. The Labute approximate surface area is 173 Å². The second-order valence-electron chi connectivity index (χ2n) is 7.08. The standard InChI is InChI=1S/C19H24ClN5O2S/c20-15-4-1-3-14(11-15)12-24-6-8-25(9-7-24)17(26)13-28-19-21-18(22-23-19)16-5-2-10-27-16/h1,3-4,11,16H,2,5-10,12-13H2,(H,21,22,23). The van der Waals surface area contributed by atoms with Crippen LogP contribution < -0.4 is 0 Å². The normalized spacial score (nSPS) is 20.6. The van der Waals surface area contributed by atoms with E-state index in [1.807, 2.05) is 23.1 Å². The van der Waals surface area contributed by atoms with Gasteiger partial charge in [0.1, 0.15) is 6.10 Å². The van der Waals surface area contributed by atoms with Crippen LogP contribution in [0, 0.1) is 0 Å². The number of hydrogen-bond acceptors (Lipinski definition) is 6. The van der Waals surface area contributed by atoms with E-state index in [0.29, 0.717) is 10.9 Å². The number of carbonyl (C=O) groups excluding carboxylic acids is 1. The smallest absolute Gasteiger partial charge is 0.233 e. The van der Waals surface area contributed by atoms with Crippen LogP contribution in [-0.4, -0.2) is 69.4 Å². The highest BCUT2D eigenvalue weighted by molar-refractivity contribution is 7.99. The van der Waals surface area contributed by atoms with Crippen molar-refractivity contribution in [3.05, 3.63) is 40.7 Å². The molecule has 150 valence electrons. The summed E-state index contributed by atoms with van der Waals surface area (Å²) in [4.78, 5) is 21.3. The maximum atomic E-state index is 12.5. The summed E-state index contributed by atoms with van der Waals surface area (Å²) in [6.07, 6.45) is 2.04. The number of nitrogens with zero attached hydrogens (tertiary/aromatic N) is 4. The molecule has 1 unspecified atom stereocenters. The van der Waals surface area contributed by atoms with Crippen LogP contribution in [0.15, 0.2) is 29.4 Å². The van der Waals surface area contributed by atoms with Crippen LogP contribution in [0.4, 0.5) is 0 Å². The van der Waals surface area contributed by atoms with Gasteiger partial charge in [-0.3, -0.25) is 14.8 Å². The lowest BCUT2D eigenvalue weighted by Gasteiger charge is -2.34. The van der Waals surface area contributed by atoms with Crippen molar-refractivity contribution in [3.63, 3.8) is 0 Å². The molecule has 2 aromatic rings. The summed E-state index contributed by atoms with van der Waals surface area (Å²) >= 11 is 7.44. The maximum absolute atomic E-state index is 12.5. The predicted molar refractivity (Wildman–Crippen MR) is 108 cm³/mol. The van der Waals surface area contributed by atoms with Crippen molar-refractivity contribution in [1.82, 2.24) is 25.0 Å². The Morgan fingerprint density at radius 2 is 2.18 bits per heavy atom. The number of rotatable bonds is 6. The van der Waals surface area contributed by atoms with Crippen molar-refractivity contribution in [3.8, 4) is 0 Å². The Bertz CT molecular complexity index is 803. The number of H-pyrrole nitrogens is 1. The maximum Gasteiger partial charge on any atom is 0.233 e. The second kappa shape index (κ2) is 9.26. The van der Waals surface area contributed by atoms with Crippen LogP contribution in [0.5, 0.6) is 0 Å². The summed E-state index contributed by atoms with van der Waals surface area (Å²) in [6.45, 7) is 4.86. The average Bonchev–Trinajstić information content (AvgIpc) is 3.38. The topological polar surface area (TPSA) is 74.3 Å². The van der Waals surface area contributed by atoms with E-state index in [0.717, 1.165) is 63.0 Å². The van der Waals surface area contributed by atoms with Crippen LogP contribution in [0.2, 0.25) is 5.02 Å². The van der Waals surface area contributed by atoms with Crippen molar-refractivity contribution < 1.29 is 9.53 Å². The fraction of sp³-hybridized carbons (Fsp3) is 0.526. The van der Waals surface area contributed by atoms with Gasteiger partial charge in [-0.05, 0) is 30.5 Å². The number of amides is 1. The summed E-state index contributed by atoms with van der Waals surface area (Å²) < 4.78 is 5.60. The molecule has 7 nitrogen and oxygen atoms in total. The molecule has 1 atom stereocenters. The van der Waals surface area contributed by atoms with Crippen molar-refractivity contribution in [2.24, 2.45) is 0 Å². The van der Waals surface area contributed by atoms with Gasteiger partial charge in [0.15, 0.2) is 5.82 Å². The van der Waals surface area contributed by atoms with Crippen LogP contribution in [-0.2, 0) is 16.1 Å². The molecule has 3 heterocycles. The number of piperazine rings is 1. The van der Waals surface area contributed by atoms with Gasteiger partial charge < -0.3 is 9.64 Å². The number of carbonyl (C=O) groups is 1. The Hall–Kier alpha value is -1.61. The number of aromatic amines is 1. The minimum atomic E-state index is 0.0186. The Balaban J connectivity index is 1.21. The zero-order valence-corrected chi connectivity index (χ0v) is 17.2. The lowest BCUT2D eigenvalue weighted by molar-refractivity contribution is -0.130. The largest absolute Gasteiger partial charge is 0.370 e. The molecule has 1 aromatic carbocycles. The Morgan fingerprint density at radius 3 is 2.93 bits per heavy atom. The number of thioether (sulfide) groups is 1. The van der Waals surface area contributed by atoms with Gasteiger partial charge in [-0.25, -0.2) is 4.98 Å². The first-order valence-corrected chi connectivity index (χ1v) is 10.9. The monoisotopic (exact) mass is 421 g/mol. The first-order chi connectivity index (χ1) is 13.7. The SMILES string of the molecule is O=C(CSc1n[nH]c(C2CCCO2)n1)N1CCN(Cc2cccc(Cl)c2)CC1. The van der Waals surface area contributed by atoms with Crippen LogP contribution in [0.1, 0.15) is 30.3 Å². The lowest BCUT2D eigenvalue weighted by Crippen LogP contribution is -2.48. The summed E-state index contributed by atoms with van der Waals surface area (Å²) in [6, 6.07) is 7.94. The summed E-state index contributed by atoms with van der Waals surface area (Å²) in [5, 5.41) is 8.51. The highest BCUT2D eigenvalue weighted by Crippen LogP contribution is 2.27. The Morgan fingerprint density at radius 1 is 1.32 bits per heavy atom. The third-order valence-corrected chi connectivity index (χ3v) is 6.13. The lowest BCUT2D eigenvalue weighted by atomic mass is 10.2. The molecule has 1 amide bonds. The fourth-order valence-corrected chi connectivity index (χ4v) is 4.45. The third-order valence-electron chi connectivity index (χ3n) is 5.06. The molecule has 0 radical (unpaired) electrons. The molecule has 0 saturated carbocycles. The van der Waals surface area contributed by atoms with E-state index in [-0.39, 0.29) is 12.0 Å². The second-order valence-corrected chi connectivity index (χ2v) is 8.46. The number of hydrogen-bond donors (Lipinski definition) is 1. The van der Waals surface area contributed by atoms with Gasteiger partial charge in [-0.2, -0.15) is 0 Å². The van der Waals surface area contributed by atoms with E-state index in [1.165, 1.54) is 17.3 Å². The molecule has 9 heteroatoms. The molecule has 2 aliphatic rings. The summed E-state index contributed by atoms with van der Waals surface area (Å²) in [7, 11) is 0. The highest BCUT2D eigenvalue weighted by Gasteiger charge is 2.23. The van der Waals surface area contributed by atoms with E-state index in [9.17, 15) is 4.79 Å². The fourth-order valence-electron chi connectivity index (χ4n) is 3.53. The molecule has 2 aliphatic heterocycles. The van der Waals surface area contributed by atoms with Crippen molar-refractivity contribution in [1.29, 1.82) is 0 Å². The van der Waals surface area contributed by atoms with Gasteiger partial charge in [0.05, 0.1) is 5.75 Å². The van der Waals surface area contributed by atoms with E-state index < -0.39 is 0 Å². The molecular formula is C19H24ClN5O2S. The molecule has 2 saturated heterocycles. The molecule has 0 bridgehead atoms. The number of aromatic nitrogens is 3. The Kier molecular flexibility index (Phi) is 6.51. The third kappa shape index (κ3) is 5.05. The molecule has 2 fully saturated rings. The highest BCUT2D eigenvalue weighted by atomic mass is 35.5. The van der Waals surface area contributed by atoms with Crippen LogP contribution >= 0.6 is 23.4 Å². The number of benzene rings is 1. The zero-order chi connectivity index (χ0) is 19.3. The van der Waals surface area contributed by atoms with E-state index in [4.69, 9.17) is 16.3 Å². The molecule has 4 rings (SSSR count). The number of halogens is 1. The number of nitrogens with one attached hydrogen (secondary N) is 1. The van der Waals surface area contributed by atoms with Gasteiger partial charge in [-0.15, -0.1) is 5.10 Å². The molecule has 1 aromatic heterocycles. The van der Waals surface area contributed by atoms with Crippen LogP contribution in [0.3, 0.4) is 0 Å². The van der Waals surface area contributed by atoms with Crippen molar-refractivity contribution in [2.45, 2.75) is 30.6 Å². The summed E-state index contributed by atoms with van der Waals surface area (Å²) in [5.74, 6) is 1.26. The van der Waals surface area contributed by atoms with Crippen molar-refractivity contribution in [2.75, 3.05) is 38.5 Å². The molecule has 0 aliphatic carbocycles. The van der Waals surface area contributed by atoms with Gasteiger partial charge in [0.2, 0.25) is 11.1 Å². The van der Waals surface area contributed by atoms with Crippen molar-refractivity contribution >= 4 is 29.3 Å².